The van der Waals surface area contributed by atoms with E-state index in [2.05, 4.69) is 24.3 Å². The molecule has 0 nitrogen and oxygen atoms in total. The van der Waals surface area contributed by atoms with Gasteiger partial charge in [0.15, 0.2) is 0 Å². The molecule has 0 fully saturated rings. The summed E-state index contributed by atoms with van der Waals surface area (Å²) in [4.78, 5) is 0. The third-order valence-corrected chi connectivity index (χ3v) is 3.03. The minimum Gasteiger partial charge on any atom is -0.0885 e. The zero-order chi connectivity index (χ0) is 9.80. The highest BCUT2D eigenvalue weighted by molar-refractivity contribution is 6.30. The van der Waals surface area contributed by atoms with Gasteiger partial charge in [-0.3, -0.25) is 0 Å². The maximum atomic E-state index is 5.95. The molecule has 1 aromatic carbocycles. The Morgan fingerprint density at radius 2 is 2.21 bits per heavy atom. The Morgan fingerprint density at radius 1 is 1.29 bits per heavy atom. The summed E-state index contributed by atoms with van der Waals surface area (Å²) < 4.78 is 0. The van der Waals surface area contributed by atoms with E-state index in [0.29, 0.717) is 0 Å². The first-order valence-electron chi connectivity index (χ1n) is 5.24. The first kappa shape index (κ1) is 9.79. The predicted octanol–water partition coefficient (Wildman–Crippen LogP) is 4.24. The van der Waals surface area contributed by atoms with E-state index in [1.54, 1.807) is 0 Å². The first-order chi connectivity index (χ1) is 6.84. The highest BCUT2D eigenvalue weighted by Gasteiger charge is 2.10. The van der Waals surface area contributed by atoms with Crippen LogP contribution in [0.2, 0.25) is 5.02 Å². The van der Waals surface area contributed by atoms with Crippen LogP contribution in [0.25, 0.3) is 0 Å². The van der Waals surface area contributed by atoms with Gasteiger partial charge in [-0.05, 0) is 49.3 Å². The second-order valence-electron chi connectivity index (χ2n) is 3.98. The van der Waals surface area contributed by atoms with Crippen molar-refractivity contribution in [3.63, 3.8) is 0 Å². The molecule has 0 radical (unpaired) electrons. The average Bonchev–Trinajstić information content (AvgIpc) is 2.19. The van der Waals surface area contributed by atoms with Crippen molar-refractivity contribution in [1.82, 2.24) is 0 Å². The molecule has 74 valence electrons. The Morgan fingerprint density at radius 3 is 2.93 bits per heavy atom. The maximum absolute atomic E-state index is 5.95. The van der Waals surface area contributed by atoms with E-state index in [9.17, 15) is 0 Å². The van der Waals surface area contributed by atoms with Crippen molar-refractivity contribution >= 4 is 11.6 Å². The second-order valence-corrected chi connectivity index (χ2v) is 4.42. The molecular formula is C13H15Cl. The first-order valence-corrected chi connectivity index (χ1v) is 5.62. The minimum atomic E-state index is 0.818. The SMILES string of the molecule is Clc1cccc(C[C@@H]2CC=CCC2)c1. The van der Waals surface area contributed by atoms with E-state index in [0.717, 1.165) is 10.9 Å². The Bertz CT molecular complexity index is 328. The van der Waals surface area contributed by atoms with Gasteiger partial charge in [-0.15, -0.1) is 0 Å². The topological polar surface area (TPSA) is 0 Å². The molecule has 0 N–H and O–H groups in total. The third kappa shape index (κ3) is 2.62. The summed E-state index contributed by atoms with van der Waals surface area (Å²) in [6.45, 7) is 0. The van der Waals surface area contributed by atoms with Crippen molar-refractivity contribution in [3.05, 3.63) is 47.0 Å². The summed E-state index contributed by atoms with van der Waals surface area (Å²) in [5.41, 5.74) is 1.37. The van der Waals surface area contributed by atoms with Crippen molar-refractivity contribution in [2.45, 2.75) is 25.7 Å². The third-order valence-electron chi connectivity index (χ3n) is 2.79. The standard InChI is InChI=1S/C13H15Cl/c14-13-8-4-7-12(10-13)9-11-5-2-1-3-6-11/h1-2,4,7-8,10-11H,3,5-6,9H2/t11-/m1/s1. The second kappa shape index (κ2) is 4.65. The summed E-state index contributed by atoms with van der Waals surface area (Å²) in [7, 11) is 0. The smallest absolute Gasteiger partial charge is 0.0408 e. The largest absolute Gasteiger partial charge is 0.0885 e. The Hall–Kier alpha value is -0.750. The van der Waals surface area contributed by atoms with Gasteiger partial charge in [-0.2, -0.15) is 0 Å². The summed E-state index contributed by atoms with van der Waals surface area (Å²) >= 11 is 5.95. The summed E-state index contributed by atoms with van der Waals surface area (Å²) in [5.74, 6) is 0.818. The highest BCUT2D eigenvalue weighted by atomic mass is 35.5. The molecule has 0 heterocycles. The molecule has 1 aliphatic carbocycles. The normalized spacial score (nSPS) is 21.1. The van der Waals surface area contributed by atoms with Crippen LogP contribution in [0, 0.1) is 5.92 Å². The van der Waals surface area contributed by atoms with E-state index in [1.165, 1.54) is 31.2 Å². The summed E-state index contributed by atoms with van der Waals surface area (Å²) in [6.07, 6.45) is 9.55. The van der Waals surface area contributed by atoms with Crippen molar-refractivity contribution in [1.29, 1.82) is 0 Å². The van der Waals surface area contributed by atoms with Crippen LogP contribution >= 0.6 is 11.6 Å². The lowest BCUT2D eigenvalue weighted by molar-refractivity contribution is 0.477. The zero-order valence-electron chi connectivity index (χ0n) is 8.25. The average molecular weight is 207 g/mol. The molecule has 0 bridgehead atoms. The minimum absolute atomic E-state index is 0.818. The van der Waals surface area contributed by atoms with Crippen molar-refractivity contribution in [3.8, 4) is 0 Å². The Kier molecular flexibility index (Phi) is 3.26. The fourth-order valence-electron chi connectivity index (χ4n) is 2.04. The summed E-state index contributed by atoms with van der Waals surface area (Å²) in [5, 5.41) is 0.855. The van der Waals surface area contributed by atoms with Crippen LogP contribution in [0.5, 0.6) is 0 Å². The van der Waals surface area contributed by atoms with Gasteiger partial charge in [0.2, 0.25) is 0 Å². The van der Waals surface area contributed by atoms with Gasteiger partial charge in [0.1, 0.15) is 0 Å². The van der Waals surface area contributed by atoms with Gasteiger partial charge < -0.3 is 0 Å². The molecule has 1 heteroatoms. The van der Waals surface area contributed by atoms with Crippen LogP contribution in [-0.2, 0) is 6.42 Å². The number of hydrogen-bond donors (Lipinski definition) is 0. The molecule has 14 heavy (non-hydrogen) atoms. The van der Waals surface area contributed by atoms with Gasteiger partial charge in [-0.25, -0.2) is 0 Å². The van der Waals surface area contributed by atoms with Crippen molar-refractivity contribution in [2.24, 2.45) is 5.92 Å². The molecule has 0 unspecified atom stereocenters. The number of halogens is 1. The van der Waals surface area contributed by atoms with Crippen LogP contribution in [0.4, 0.5) is 0 Å². The van der Waals surface area contributed by atoms with Crippen LogP contribution in [0.1, 0.15) is 24.8 Å². The molecular weight excluding hydrogens is 192 g/mol. The van der Waals surface area contributed by atoms with Crippen LogP contribution in [0.15, 0.2) is 36.4 Å². The van der Waals surface area contributed by atoms with Crippen LogP contribution in [0.3, 0.4) is 0 Å². The Labute approximate surface area is 90.6 Å². The fourth-order valence-corrected chi connectivity index (χ4v) is 2.25. The van der Waals surface area contributed by atoms with Crippen molar-refractivity contribution < 1.29 is 0 Å². The molecule has 0 aromatic heterocycles. The lowest BCUT2D eigenvalue weighted by Gasteiger charge is -2.17. The van der Waals surface area contributed by atoms with Gasteiger partial charge in [-0.1, -0.05) is 35.9 Å². The lowest BCUT2D eigenvalue weighted by atomic mass is 9.89. The van der Waals surface area contributed by atoms with E-state index in [-0.39, 0.29) is 0 Å². The van der Waals surface area contributed by atoms with E-state index >= 15 is 0 Å². The van der Waals surface area contributed by atoms with Gasteiger partial charge in [0.25, 0.3) is 0 Å². The van der Waals surface area contributed by atoms with Gasteiger partial charge >= 0.3 is 0 Å². The van der Waals surface area contributed by atoms with Crippen LogP contribution < -0.4 is 0 Å². The van der Waals surface area contributed by atoms with E-state index in [4.69, 9.17) is 11.6 Å². The zero-order valence-corrected chi connectivity index (χ0v) is 9.00. The van der Waals surface area contributed by atoms with Crippen molar-refractivity contribution in [2.75, 3.05) is 0 Å². The molecule has 0 saturated carbocycles. The molecule has 0 amide bonds. The molecule has 2 rings (SSSR count). The number of benzene rings is 1. The van der Waals surface area contributed by atoms with Crippen LogP contribution in [-0.4, -0.2) is 0 Å². The predicted molar refractivity (Wildman–Crippen MR) is 61.6 cm³/mol. The highest BCUT2D eigenvalue weighted by Crippen LogP contribution is 2.23. The monoisotopic (exact) mass is 206 g/mol. The lowest BCUT2D eigenvalue weighted by Crippen LogP contribution is -2.05. The molecule has 0 saturated heterocycles. The number of allylic oxidation sites excluding steroid dienone is 2. The molecule has 1 aromatic rings. The quantitative estimate of drug-likeness (QED) is 0.635. The number of hydrogen-bond acceptors (Lipinski definition) is 0. The number of rotatable bonds is 2. The van der Waals surface area contributed by atoms with E-state index < -0.39 is 0 Å². The van der Waals surface area contributed by atoms with Gasteiger partial charge in [0.05, 0.1) is 0 Å². The molecule has 1 aliphatic rings. The molecule has 0 spiro atoms. The fraction of sp³-hybridized carbons (Fsp3) is 0.385. The molecule has 1 atom stereocenters. The van der Waals surface area contributed by atoms with E-state index in [1.807, 2.05) is 12.1 Å². The summed E-state index contributed by atoms with van der Waals surface area (Å²) in [6, 6.07) is 8.23. The Balaban J connectivity index is 1.99. The molecule has 0 aliphatic heterocycles. The maximum Gasteiger partial charge on any atom is 0.0408 e. The van der Waals surface area contributed by atoms with Gasteiger partial charge in [0, 0.05) is 5.02 Å².